The number of halogens is 2. The summed E-state index contributed by atoms with van der Waals surface area (Å²) in [5.74, 6) is 0. The van der Waals surface area contributed by atoms with Crippen LogP contribution in [0.15, 0.2) is 24.3 Å². The van der Waals surface area contributed by atoms with E-state index < -0.39 is 17.7 Å². The van der Waals surface area contributed by atoms with E-state index in [0.717, 1.165) is 0 Å². The van der Waals surface area contributed by atoms with E-state index in [-0.39, 0.29) is 5.49 Å². The number of fused-ring (bicyclic) bond motifs is 2. The van der Waals surface area contributed by atoms with Gasteiger partial charge in [0.2, 0.25) is 0 Å². The predicted molar refractivity (Wildman–Crippen MR) is 116 cm³/mol. The van der Waals surface area contributed by atoms with Crippen LogP contribution >= 0.6 is 17.2 Å². The topological polar surface area (TPSA) is 0 Å². The van der Waals surface area contributed by atoms with Gasteiger partial charge >= 0.3 is 53.4 Å². The van der Waals surface area contributed by atoms with Crippen LogP contribution in [-0.4, -0.2) is 5.49 Å². The quantitative estimate of drug-likeness (QED) is 0.228. The van der Waals surface area contributed by atoms with Crippen molar-refractivity contribution in [3.8, 4) is 0 Å². The van der Waals surface area contributed by atoms with Crippen molar-refractivity contribution >= 4 is 22.6 Å². The fraction of sp³-hybridized carbons (Fsp3) is 0.545. The van der Waals surface area contributed by atoms with E-state index in [0.29, 0.717) is 0 Å². The molecule has 0 spiro atoms. The fourth-order valence-corrected chi connectivity index (χ4v) is 3.75. The van der Waals surface area contributed by atoms with Gasteiger partial charge < -0.3 is 0 Å². The summed E-state index contributed by atoms with van der Waals surface area (Å²) in [7, 11) is 11.3. The average molecular weight is 574 g/mol. The molecule has 0 amide bonds. The third kappa shape index (κ3) is 7.41. The van der Waals surface area contributed by atoms with E-state index in [9.17, 15) is 0 Å². The van der Waals surface area contributed by atoms with Gasteiger partial charge in [-0.2, -0.15) is 45.5 Å². The Bertz CT molecular complexity index is 622. The maximum Gasteiger partial charge on any atom is -0.0512 e. The van der Waals surface area contributed by atoms with Gasteiger partial charge in [-0.1, -0.05) is 65.2 Å². The second-order valence-corrected chi connectivity index (χ2v) is 39.5. The van der Waals surface area contributed by atoms with E-state index in [1.807, 2.05) is 0 Å². The Kier molecular flexibility index (Phi) is 9.92. The number of aryl methyl sites for hydroxylation is 6. The van der Waals surface area contributed by atoms with Crippen molar-refractivity contribution in [1.82, 2.24) is 0 Å². The van der Waals surface area contributed by atoms with E-state index in [1.54, 1.807) is 22.3 Å². The van der Waals surface area contributed by atoms with Gasteiger partial charge in [0.15, 0.2) is 0 Å². The summed E-state index contributed by atoms with van der Waals surface area (Å²) in [4.78, 5) is 0. The summed E-state index contributed by atoms with van der Waals surface area (Å²) >= 11 is -1.78. The molecule has 0 fully saturated rings. The molecule has 2 aliphatic carbocycles. The van der Waals surface area contributed by atoms with Gasteiger partial charge in [0.1, 0.15) is 0 Å². The number of hydrogen-bond donors (Lipinski definition) is 0. The van der Waals surface area contributed by atoms with Crippen molar-refractivity contribution in [1.29, 1.82) is 0 Å². The van der Waals surface area contributed by atoms with Gasteiger partial charge in [0.05, 0.1) is 0 Å². The van der Waals surface area contributed by atoms with Gasteiger partial charge in [-0.15, -0.1) is 0 Å². The monoisotopic (exact) mass is 574 g/mol. The van der Waals surface area contributed by atoms with E-state index in [1.165, 1.54) is 62.5 Å². The molecule has 2 aromatic rings. The van der Waals surface area contributed by atoms with Crippen LogP contribution in [0.1, 0.15) is 59.1 Å². The van der Waals surface area contributed by atoms with Crippen LogP contribution in [0.25, 0.3) is 0 Å². The molecule has 0 aromatic heterocycles. The predicted octanol–water partition coefficient (Wildman–Crippen LogP) is 7.35. The molecule has 0 aliphatic heterocycles. The molecule has 0 bridgehead atoms. The fourth-order valence-electron chi connectivity index (χ4n) is 3.75. The molecule has 26 heavy (non-hydrogen) atoms. The Hall–Kier alpha value is 0.367. The second kappa shape index (κ2) is 11.4. The molecule has 4 heteroatoms. The zero-order valence-electron chi connectivity index (χ0n) is 16.7. The van der Waals surface area contributed by atoms with Crippen molar-refractivity contribution in [2.24, 2.45) is 0 Å². The summed E-state index contributed by atoms with van der Waals surface area (Å²) < 4.78 is 0. The molecule has 2 aliphatic rings. The summed E-state index contributed by atoms with van der Waals surface area (Å²) in [6, 6.07) is 9.37. The van der Waals surface area contributed by atoms with E-state index in [4.69, 9.17) is 17.2 Å². The molecule has 0 saturated carbocycles. The van der Waals surface area contributed by atoms with Crippen molar-refractivity contribution in [2.45, 2.75) is 78.3 Å². The molecule has 0 radical (unpaired) electrons. The Morgan fingerprint density at radius 1 is 0.769 bits per heavy atom. The Morgan fingerprint density at radius 2 is 1.12 bits per heavy atom. The number of rotatable bonds is 0. The molecule has 0 unspecified atom stereocenters. The standard InChI is InChI=1S/2C10H13.C2H6Si.2ClH.Hf/c2*1-8-6-9-4-2-3-5-10(9)7-8;1-3-2;;;/h2*6-7H,2-5H2,1H3;1-2H3;2*1H;/q2*-1;;;;+2/p-2. The normalized spacial score (nSPS) is 14.8. The third-order valence-corrected chi connectivity index (χ3v) is 32.6. The average Bonchev–Trinajstić information content (AvgIpc) is 3.16. The summed E-state index contributed by atoms with van der Waals surface area (Å²) in [6.07, 6.45) is 10.9. The molecular formula is C22H32Cl2HfSi-2. The first-order valence-electron chi connectivity index (χ1n) is 9.85. The first-order chi connectivity index (χ1) is 12.4. The maximum absolute atomic E-state index is 5.64. The van der Waals surface area contributed by atoms with Crippen LogP contribution < -0.4 is 0 Å². The third-order valence-electron chi connectivity index (χ3n) is 5.09. The van der Waals surface area contributed by atoms with Gasteiger partial charge in [-0.05, 0) is 0 Å². The molecular weight excluding hydrogens is 542 g/mol. The van der Waals surface area contributed by atoms with Gasteiger partial charge in [-0.3, -0.25) is 0 Å². The largest absolute Gasteiger partial charge is 0.207 e. The molecule has 144 valence electrons. The molecule has 0 heterocycles. The number of hydrogen-bond acceptors (Lipinski definition) is 0. The zero-order valence-corrected chi connectivity index (χ0v) is 22.8. The first kappa shape index (κ1) is 22.7. The maximum atomic E-state index is 5.64. The molecule has 0 saturated heterocycles. The summed E-state index contributed by atoms with van der Waals surface area (Å²) in [5.41, 5.74) is 9.15. The van der Waals surface area contributed by atoms with Crippen LogP contribution in [0, 0.1) is 13.8 Å². The van der Waals surface area contributed by atoms with Crippen LogP contribution in [0.5, 0.6) is 0 Å². The Labute approximate surface area is 175 Å². The van der Waals surface area contributed by atoms with Crippen LogP contribution in [0.2, 0.25) is 13.1 Å². The molecule has 4 rings (SSSR count). The summed E-state index contributed by atoms with van der Waals surface area (Å²) in [6.45, 7) is 8.73. The van der Waals surface area contributed by atoms with E-state index >= 15 is 0 Å². The Morgan fingerprint density at radius 3 is 1.42 bits per heavy atom. The first-order valence-corrected chi connectivity index (χ1v) is 26.6. The van der Waals surface area contributed by atoms with E-state index in [2.05, 4.69) is 51.2 Å². The van der Waals surface area contributed by atoms with Crippen molar-refractivity contribution in [2.75, 3.05) is 0 Å². The van der Waals surface area contributed by atoms with Crippen molar-refractivity contribution < 1.29 is 17.7 Å². The minimum Gasteiger partial charge on any atom is -0.207 e. The van der Waals surface area contributed by atoms with Crippen LogP contribution in [-0.2, 0) is 43.4 Å². The SMILES string of the molecule is C[Si](C)=[Hf]([Cl])[Cl].Cc1cc2c([cH-]1)CCCC2.Cc1cc2c([cH-]1)CCCC2. The molecule has 0 nitrogen and oxygen atoms in total. The van der Waals surface area contributed by atoms with Crippen molar-refractivity contribution in [3.05, 3.63) is 57.6 Å². The second-order valence-electron chi connectivity index (χ2n) is 7.84. The van der Waals surface area contributed by atoms with Crippen LogP contribution in [0.4, 0.5) is 0 Å². The zero-order chi connectivity index (χ0) is 19.1. The summed E-state index contributed by atoms with van der Waals surface area (Å²) in [5, 5.41) is 0. The molecule has 0 atom stereocenters. The van der Waals surface area contributed by atoms with Gasteiger partial charge in [-0.25, -0.2) is 12.1 Å². The van der Waals surface area contributed by atoms with Crippen LogP contribution in [0.3, 0.4) is 0 Å². The Balaban J connectivity index is 0.000000146. The molecule has 0 N–H and O–H groups in total. The van der Waals surface area contributed by atoms with Gasteiger partial charge in [0.25, 0.3) is 0 Å². The minimum atomic E-state index is -1.78. The smallest absolute Gasteiger partial charge is 0.0512 e. The minimum absolute atomic E-state index is 0.208. The van der Waals surface area contributed by atoms with Crippen molar-refractivity contribution in [3.63, 3.8) is 0 Å². The van der Waals surface area contributed by atoms with Gasteiger partial charge in [0, 0.05) is 0 Å². The molecule has 2 aromatic carbocycles.